The van der Waals surface area contributed by atoms with Gasteiger partial charge in [-0.3, -0.25) is 4.79 Å². The lowest BCUT2D eigenvalue weighted by Gasteiger charge is -2.22. The Labute approximate surface area is 80.6 Å². The predicted octanol–water partition coefficient (Wildman–Crippen LogP) is 1.86. The van der Waals surface area contributed by atoms with Crippen LogP contribution in [0.5, 0.6) is 0 Å². The molecule has 0 spiro atoms. The van der Waals surface area contributed by atoms with E-state index in [4.69, 9.17) is 0 Å². The second kappa shape index (κ2) is 4.56. The molecule has 1 aliphatic heterocycles. The maximum absolute atomic E-state index is 11.7. The summed E-state index contributed by atoms with van der Waals surface area (Å²) in [4.78, 5) is 14.0. The van der Waals surface area contributed by atoms with Gasteiger partial charge in [-0.15, -0.1) is 0 Å². The van der Waals surface area contributed by atoms with E-state index >= 15 is 0 Å². The van der Waals surface area contributed by atoms with Crippen LogP contribution < -0.4 is 0 Å². The number of carbonyl (C=O) groups excluding carboxylic acids is 1. The van der Waals surface area contributed by atoms with Gasteiger partial charge in [-0.25, -0.2) is 0 Å². The first-order valence-corrected chi connectivity index (χ1v) is 5.07. The SMILES string of the molecule is CCC(C)C(=O)C1=CCN(C)CC1. The van der Waals surface area contributed by atoms with Crippen molar-refractivity contribution < 1.29 is 4.79 Å². The Morgan fingerprint density at radius 2 is 2.38 bits per heavy atom. The number of carbonyl (C=O) groups is 1. The molecule has 0 aromatic rings. The Morgan fingerprint density at radius 1 is 1.69 bits per heavy atom. The molecule has 0 bridgehead atoms. The summed E-state index contributed by atoms with van der Waals surface area (Å²) in [6, 6.07) is 0. The summed E-state index contributed by atoms with van der Waals surface area (Å²) >= 11 is 0. The molecular weight excluding hydrogens is 162 g/mol. The monoisotopic (exact) mass is 181 g/mol. The zero-order chi connectivity index (χ0) is 9.84. The standard InChI is InChI=1S/C11H19NO/c1-4-9(2)11(13)10-5-7-12(3)8-6-10/h5,9H,4,6-8H2,1-3H3. The van der Waals surface area contributed by atoms with Gasteiger partial charge in [0, 0.05) is 19.0 Å². The van der Waals surface area contributed by atoms with E-state index in [1.807, 2.05) is 6.92 Å². The summed E-state index contributed by atoms with van der Waals surface area (Å²) in [5.41, 5.74) is 1.05. The number of rotatable bonds is 3. The van der Waals surface area contributed by atoms with Gasteiger partial charge >= 0.3 is 0 Å². The minimum atomic E-state index is 0.203. The van der Waals surface area contributed by atoms with Gasteiger partial charge in [0.15, 0.2) is 5.78 Å². The van der Waals surface area contributed by atoms with E-state index in [9.17, 15) is 4.79 Å². The molecule has 0 aromatic heterocycles. The Morgan fingerprint density at radius 3 is 2.85 bits per heavy atom. The number of Topliss-reactive ketones (excluding diaryl/α,β-unsaturated/α-hetero) is 1. The molecule has 1 rings (SSSR count). The van der Waals surface area contributed by atoms with Crippen LogP contribution >= 0.6 is 0 Å². The van der Waals surface area contributed by atoms with Crippen molar-refractivity contribution in [2.75, 3.05) is 20.1 Å². The first kappa shape index (κ1) is 10.5. The molecule has 0 radical (unpaired) electrons. The highest BCUT2D eigenvalue weighted by Crippen LogP contribution is 2.16. The van der Waals surface area contributed by atoms with Crippen molar-refractivity contribution in [2.45, 2.75) is 26.7 Å². The van der Waals surface area contributed by atoms with E-state index in [0.717, 1.165) is 31.5 Å². The summed E-state index contributed by atoms with van der Waals surface area (Å²) in [7, 11) is 2.08. The summed E-state index contributed by atoms with van der Waals surface area (Å²) in [5.74, 6) is 0.560. The minimum Gasteiger partial charge on any atom is -0.302 e. The zero-order valence-corrected chi connectivity index (χ0v) is 8.84. The van der Waals surface area contributed by atoms with Crippen LogP contribution in [0, 0.1) is 5.92 Å². The number of hydrogen-bond acceptors (Lipinski definition) is 2. The fraction of sp³-hybridized carbons (Fsp3) is 0.727. The summed E-state index contributed by atoms with van der Waals surface area (Å²) in [6.07, 6.45) is 3.96. The Balaban J connectivity index is 2.57. The van der Waals surface area contributed by atoms with Crippen molar-refractivity contribution in [1.82, 2.24) is 4.90 Å². The Kier molecular flexibility index (Phi) is 3.67. The second-order valence-electron chi connectivity index (χ2n) is 3.92. The fourth-order valence-corrected chi connectivity index (χ4v) is 1.50. The van der Waals surface area contributed by atoms with Crippen LogP contribution in [-0.4, -0.2) is 30.8 Å². The highest BCUT2D eigenvalue weighted by Gasteiger charge is 2.18. The van der Waals surface area contributed by atoms with Gasteiger partial charge in [0.1, 0.15) is 0 Å². The minimum absolute atomic E-state index is 0.203. The van der Waals surface area contributed by atoms with Gasteiger partial charge in [-0.2, -0.15) is 0 Å². The molecule has 0 saturated heterocycles. The van der Waals surface area contributed by atoms with Crippen molar-refractivity contribution in [1.29, 1.82) is 0 Å². The van der Waals surface area contributed by atoms with Crippen molar-refractivity contribution in [3.63, 3.8) is 0 Å². The third kappa shape index (κ3) is 2.66. The fourth-order valence-electron chi connectivity index (χ4n) is 1.50. The van der Waals surface area contributed by atoms with Crippen molar-refractivity contribution >= 4 is 5.78 Å². The summed E-state index contributed by atoms with van der Waals surface area (Å²) in [6.45, 7) is 6.03. The van der Waals surface area contributed by atoms with E-state index in [0.29, 0.717) is 5.78 Å². The zero-order valence-electron chi connectivity index (χ0n) is 8.84. The van der Waals surface area contributed by atoms with E-state index in [1.165, 1.54) is 0 Å². The molecule has 0 saturated carbocycles. The lowest BCUT2D eigenvalue weighted by molar-refractivity contribution is -0.119. The topological polar surface area (TPSA) is 20.3 Å². The third-order valence-electron chi connectivity index (χ3n) is 2.79. The number of hydrogen-bond donors (Lipinski definition) is 0. The predicted molar refractivity (Wildman–Crippen MR) is 54.7 cm³/mol. The van der Waals surface area contributed by atoms with Gasteiger partial charge in [0.05, 0.1) is 0 Å². The van der Waals surface area contributed by atoms with Gasteiger partial charge in [-0.05, 0) is 25.5 Å². The van der Waals surface area contributed by atoms with E-state index in [-0.39, 0.29) is 5.92 Å². The molecule has 13 heavy (non-hydrogen) atoms. The molecule has 0 amide bonds. The molecule has 2 heteroatoms. The largest absolute Gasteiger partial charge is 0.302 e. The van der Waals surface area contributed by atoms with Crippen LogP contribution in [-0.2, 0) is 4.79 Å². The van der Waals surface area contributed by atoms with Gasteiger partial charge in [0.25, 0.3) is 0 Å². The van der Waals surface area contributed by atoms with Crippen LogP contribution in [0.3, 0.4) is 0 Å². The highest BCUT2D eigenvalue weighted by molar-refractivity contribution is 5.97. The quantitative estimate of drug-likeness (QED) is 0.662. The van der Waals surface area contributed by atoms with Crippen LogP contribution in [0.4, 0.5) is 0 Å². The molecule has 1 unspecified atom stereocenters. The number of nitrogens with zero attached hydrogens (tertiary/aromatic N) is 1. The molecule has 0 N–H and O–H groups in total. The molecule has 1 aliphatic rings. The molecule has 1 atom stereocenters. The van der Waals surface area contributed by atoms with Gasteiger partial charge in [0.2, 0.25) is 0 Å². The lowest BCUT2D eigenvalue weighted by Crippen LogP contribution is -2.27. The molecular formula is C11H19NO. The first-order valence-electron chi connectivity index (χ1n) is 5.07. The molecule has 1 heterocycles. The summed E-state index contributed by atoms with van der Waals surface area (Å²) in [5, 5.41) is 0. The van der Waals surface area contributed by atoms with Crippen molar-refractivity contribution in [3.05, 3.63) is 11.6 Å². The van der Waals surface area contributed by atoms with Crippen LogP contribution in [0.2, 0.25) is 0 Å². The normalized spacial score (nSPS) is 21.0. The smallest absolute Gasteiger partial charge is 0.161 e. The molecule has 0 fully saturated rings. The maximum atomic E-state index is 11.7. The van der Waals surface area contributed by atoms with Gasteiger partial charge in [-0.1, -0.05) is 19.9 Å². The summed E-state index contributed by atoms with van der Waals surface area (Å²) < 4.78 is 0. The Bertz CT molecular complexity index is 220. The highest BCUT2D eigenvalue weighted by atomic mass is 16.1. The van der Waals surface area contributed by atoms with Gasteiger partial charge < -0.3 is 4.90 Å². The van der Waals surface area contributed by atoms with E-state index in [2.05, 4.69) is 24.9 Å². The molecule has 0 aromatic carbocycles. The first-order chi connectivity index (χ1) is 6.15. The maximum Gasteiger partial charge on any atom is 0.161 e. The molecule has 74 valence electrons. The van der Waals surface area contributed by atoms with Crippen LogP contribution in [0.15, 0.2) is 11.6 Å². The van der Waals surface area contributed by atoms with Crippen LogP contribution in [0.25, 0.3) is 0 Å². The Hall–Kier alpha value is -0.630. The second-order valence-corrected chi connectivity index (χ2v) is 3.92. The molecule has 0 aliphatic carbocycles. The molecule has 2 nitrogen and oxygen atoms in total. The van der Waals surface area contributed by atoms with Crippen molar-refractivity contribution in [3.8, 4) is 0 Å². The number of ketones is 1. The lowest BCUT2D eigenvalue weighted by atomic mass is 9.93. The third-order valence-corrected chi connectivity index (χ3v) is 2.79. The average Bonchev–Trinajstić information content (AvgIpc) is 2.17. The van der Waals surface area contributed by atoms with E-state index in [1.54, 1.807) is 0 Å². The van der Waals surface area contributed by atoms with Crippen molar-refractivity contribution in [2.24, 2.45) is 5.92 Å². The van der Waals surface area contributed by atoms with Crippen LogP contribution in [0.1, 0.15) is 26.7 Å². The average molecular weight is 181 g/mol. The van der Waals surface area contributed by atoms with E-state index < -0.39 is 0 Å². The number of likely N-dealkylation sites (N-methyl/N-ethyl adjacent to an activating group) is 1.